The van der Waals surface area contributed by atoms with E-state index < -0.39 is 0 Å². The standard InChI is InChI=1S/C32H30N4O3/c37-31(34-29-8-2-1-3-9-29)23-39-30-16-12-24(13-17-30)20-33-35-32(38)27-14-10-25(11-15-27)21-36-19-18-26-6-4-5-7-28(26)22-36/h1-17,20H,18-19,21-23H2,(H,34,37)(H,35,38)/b33-20-. The molecule has 0 bridgehead atoms. The average molecular weight is 519 g/mol. The first kappa shape index (κ1) is 25.9. The van der Waals surface area contributed by atoms with Crippen molar-refractivity contribution < 1.29 is 14.3 Å². The number of benzene rings is 4. The van der Waals surface area contributed by atoms with Gasteiger partial charge in [0.15, 0.2) is 6.61 Å². The molecule has 0 aliphatic carbocycles. The van der Waals surface area contributed by atoms with Gasteiger partial charge in [0.2, 0.25) is 0 Å². The summed E-state index contributed by atoms with van der Waals surface area (Å²) in [5.41, 5.74) is 8.64. The van der Waals surface area contributed by atoms with Gasteiger partial charge < -0.3 is 10.1 Å². The monoisotopic (exact) mass is 518 g/mol. The van der Waals surface area contributed by atoms with Crippen molar-refractivity contribution in [2.24, 2.45) is 5.10 Å². The van der Waals surface area contributed by atoms with E-state index in [1.807, 2.05) is 54.6 Å². The highest BCUT2D eigenvalue weighted by Gasteiger charge is 2.16. The van der Waals surface area contributed by atoms with Crippen LogP contribution in [0.2, 0.25) is 0 Å². The number of hydrogen-bond donors (Lipinski definition) is 2. The molecule has 196 valence electrons. The lowest BCUT2D eigenvalue weighted by Crippen LogP contribution is -2.30. The number of carbonyl (C=O) groups is 2. The van der Waals surface area contributed by atoms with Gasteiger partial charge in [-0.2, -0.15) is 5.10 Å². The summed E-state index contributed by atoms with van der Waals surface area (Å²) in [5, 5.41) is 6.84. The molecule has 0 fully saturated rings. The third-order valence-electron chi connectivity index (χ3n) is 6.52. The van der Waals surface area contributed by atoms with Gasteiger partial charge >= 0.3 is 0 Å². The lowest BCUT2D eigenvalue weighted by atomic mass is 9.99. The topological polar surface area (TPSA) is 83.0 Å². The Morgan fingerprint density at radius 2 is 1.56 bits per heavy atom. The third kappa shape index (κ3) is 7.40. The molecule has 0 radical (unpaired) electrons. The van der Waals surface area contributed by atoms with Crippen LogP contribution in [0.15, 0.2) is 108 Å². The van der Waals surface area contributed by atoms with Crippen LogP contribution in [0, 0.1) is 0 Å². The van der Waals surface area contributed by atoms with Crippen molar-refractivity contribution >= 4 is 23.7 Å². The van der Waals surface area contributed by atoms with Gasteiger partial charge in [0.25, 0.3) is 11.8 Å². The van der Waals surface area contributed by atoms with E-state index in [1.165, 1.54) is 16.7 Å². The molecule has 39 heavy (non-hydrogen) atoms. The van der Waals surface area contributed by atoms with Crippen molar-refractivity contribution in [2.75, 3.05) is 18.5 Å². The van der Waals surface area contributed by atoms with Crippen LogP contribution in [0.3, 0.4) is 0 Å². The predicted molar refractivity (Wildman–Crippen MR) is 153 cm³/mol. The van der Waals surface area contributed by atoms with Gasteiger partial charge in [-0.25, -0.2) is 5.43 Å². The molecule has 1 aliphatic heterocycles. The average Bonchev–Trinajstić information content (AvgIpc) is 2.97. The second kappa shape index (κ2) is 12.7. The number of ether oxygens (including phenoxy) is 1. The molecule has 0 spiro atoms. The number of carbonyl (C=O) groups excluding carboxylic acids is 2. The van der Waals surface area contributed by atoms with E-state index in [1.54, 1.807) is 30.5 Å². The Morgan fingerprint density at radius 1 is 0.846 bits per heavy atom. The van der Waals surface area contributed by atoms with Crippen LogP contribution in [0.5, 0.6) is 5.75 Å². The van der Waals surface area contributed by atoms with Crippen molar-refractivity contribution in [2.45, 2.75) is 19.5 Å². The fourth-order valence-corrected chi connectivity index (χ4v) is 4.46. The van der Waals surface area contributed by atoms with E-state index in [0.717, 1.165) is 37.3 Å². The first-order valence-corrected chi connectivity index (χ1v) is 12.9. The molecule has 5 rings (SSSR count). The van der Waals surface area contributed by atoms with Gasteiger partial charge in [-0.1, -0.05) is 54.6 Å². The van der Waals surface area contributed by atoms with Crippen LogP contribution in [0.25, 0.3) is 0 Å². The number of nitrogens with zero attached hydrogens (tertiary/aromatic N) is 2. The molecular formula is C32H30N4O3. The van der Waals surface area contributed by atoms with E-state index in [9.17, 15) is 9.59 Å². The van der Waals surface area contributed by atoms with E-state index in [-0.39, 0.29) is 18.4 Å². The Bertz CT molecular complexity index is 1430. The zero-order chi connectivity index (χ0) is 26.9. The van der Waals surface area contributed by atoms with Gasteiger partial charge in [0.05, 0.1) is 6.21 Å². The zero-order valence-electron chi connectivity index (χ0n) is 21.5. The van der Waals surface area contributed by atoms with E-state index in [0.29, 0.717) is 11.3 Å². The van der Waals surface area contributed by atoms with E-state index >= 15 is 0 Å². The Kier molecular flexibility index (Phi) is 8.41. The summed E-state index contributed by atoms with van der Waals surface area (Å²) in [6.07, 6.45) is 2.63. The minimum Gasteiger partial charge on any atom is -0.484 e. The van der Waals surface area contributed by atoms with E-state index in [2.05, 4.69) is 45.0 Å². The number of nitrogens with one attached hydrogen (secondary N) is 2. The van der Waals surface area contributed by atoms with Crippen molar-refractivity contribution in [1.29, 1.82) is 0 Å². The predicted octanol–water partition coefficient (Wildman–Crippen LogP) is 5.03. The highest BCUT2D eigenvalue weighted by atomic mass is 16.5. The summed E-state index contributed by atoms with van der Waals surface area (Å²) < 4.78 is 5.54. The summed E-state index contributed by atoms with van der Waals surface area (Å²) >= 11 is 0. The molecule has 0 unspecified atom stereocenters. The molecule has 0 aromatic heterocycles. The molecule has 2 N–H and O–H groups in total. The molecule has 4 aromatic carbocycles. The summed E-state index contributed by atoms with van der Waals surface area (Å²) in [4.78, 5) is 27.0. The molecule has 1 aliphatic rings. The lowest BCUT2D eigenvalue weighted by Gasteiger charge is -2.28. The van der Waals surface area contributed by atoms with Crippen LogP contribution in [0.4, 0.5) is 5.69 Å². The molecule has 7 nitrogen and oxygen atoms in total. The normalized spacial score (nSPS) is 13.0. The largest absolute Gasteiger partial charge is 0.484 e. The molecule has 0 atom stereocenters. The molecule has 0 saturated heterocycles. The van der Waals surface area contributed by atoms with Crippen LogP contribution in [-0.2, 0) is 24.3 Å². The number of hydrogen-bond acceptors (Lipinski definition) is 5. The molecule has 1 heterocycles. The van der Waals surface area contributed by atoms with Crippen LogP contribution < -0.4 is 15.5 Å². The fourth-order valence-electron chi connectivity index (χ4n) is 4.46. The Morgan fingerprint density at radius 3 is 2.33 bits per heavy atom. The number of fused-ring (bicyclic) bond motifs is 1. The minimum absolute atomic E-state index is 0.0941. The summed E-state index contributed by atoms with van der Waals surface area (Å²) in [6, 6.07) is 32.6. The Labute approximate surface area is 228 Å². The second-order valence-electron chi connectivity index (χ2n) is 9.40. The highest BCUT2D eigenvalue weighted by molar-refractivity contribution is 5.95. The van der Waals surface area contributed by atoms with Crippen molar-refractivity contribution in [3.05, 3.63) is 131 Å². The van der Waals surface area contributed by atoms with Gasteiger partial charge in [0, 0.05) is 30.9 Å². The SMILES string of the molecule is O=C(COc1ccc(/C=N\NC(=O)c2ccc(CN3CCc4ccccc4C3)cc2)cc1)Nc1ccccc1. The number of anilines is 1. The van der Waals surface area contributed by atoms with Crippen LogP contribution in [0.1, 0.15) is 32.6 Å². The number of para-hydroxylation sites is 1. The zero-order valence-corrected chi connectivity index (χ0v) is 21.5. The van der Waals surface area contributed by atoms with Gasteiger partial charge in [-0.3, -0.25) is 14.5 Å². The first-order valence-electron chi connectivity index (χ1n) is 12.9. The maximum atomic E-state index is 12.5. The smallest absolute Gasteiger partial charge is 0.271 e. The minimum atomic E-state index is -0.269. The summed E-state index contributed by atoms with van der Waals surface area (Å²) in [7, 11) is 0. The van der Waals surface area contributed by atoms with Gasteiger partial charge in [0.1, 0.15) is 5.75 Å². The van der Waals surface area contributed by atoms with Gasteiger partial charge in [-0.15, -0.1) is 0 Å². The number of rotatable bonds is 9. The molecular weight excluding hydrogens is 488 g/mol. The maximum Gasteiger partial charge on any atom is 0.271 e. The van der Waals surface area contributed by atoms with Crippen LogP contribution >= 0.6 is 0 Å². The van der Waals surface area contributed by atoms with Crippen LogP contribution in [-0.4, -0.2) is 36.1 Å². The highest BCUT2D eigenvalue weighted by Crippen LogP contribution is 2.20. The fraction of sp³-hybridized carbons (Fsp3) is 0.156. The van der Waals surface area contributed by atoms with Crippen molar-refractivity contribution in [3.8, 4) is 5.75 Å². The first-order chi connectivity index (χ1) is 19.1. The quantitative estimate of drug-likeness (QED) is 0.241. The summed E-state index contributed by atoms with van der Waals surface area (Å²) in [5.74, 6) is 0.0576. The van der Waals surface area contributed by atoms with Crippen molar-refractivity contribution in [3.63, 3.8) is 0 Å². The second-order valence-corrected chi connectivity index (χ2v) is 9.40. The van der Waals surface area contributed by atoms with Gasteiger partial charge in [-0.05, 0) is 77.2 Å². The third-order valence-corrected chi connectivity index (χ3v) is 6.52. The molecule has 4 aromatic rings. The maximum absolute atomic E-state index is 12.5. The lowest BCUT2D eigenvalue weighted by molar-refractivity contribution is -0.118. The van der Waals surface area contributed by atoms with Crippen molar-refractivity contribution in [1.82, 2.24) is 10.3 Å². The number of hydrazone groups is 1. The number of amides is 2. The molecule has 0 saturated carbocycles. The summed E-state index contributed by atoms with van der Waals surface area (Å²) in [6.45, 7) is 2.74. The Balaban J connectivity index is 1.06. The molecule has 7 heteroatoms. The van der Waals surface area contributed by atoms with E-state index in [4.69, 9.17) is 4.74 Å². The Hall–Kier alpha value is -4.75. The molecule has 2 amide bonds.